The Labute approximate surface area is 167 Å². The number of benzene rings is 2. The molecule has 0 saturated heterocycles. The first-order valence-electron chi connectivity index (χ1n) is 9.12. The number of carbonyl (C=O) groups excluding carboxylic acids is 2. The smallest absolute Gasteiger partial charge is 0.408 e. The van der Waals surface area contributed by atoms with Gasteiger partial charge in [-0.1, -0.05) is 42.5 Å². The van der Waals surface area contributed by atoms with E-state index in [0.29, 0.717) is 5.75 Å². The van der Waals surface area contributed by atoms with Crippen LogP contribution in [0.1, 0.15) is 28.8 Å². The second kappa shape index (κ2) is 10.5. The van der Waals surface area contributed by atoms with E-state index in [1.165, 1.54) is 7.11 Å². The molecule has 1 atom stereocenters. The Morgan fingerprint density at radius 1 is 1.03 bits per heavy atom. The number of para-hydroxylation sites is 1. The average Bonchev–Trinajstić information content (AvgIpc) is 2.70. The summed E-state index contributed by atoms with van der Waals surface area (Å²) >= 11 is 0. The Hall–Kier alpha value is -3.03. The van der Waals surface area contributed by atoms with Crippen molar-refractivity contribution in [1.29, 1.82) is 0 Å². The summed E-state index contributed by atoms with van der Waals surface area (Å²) in [6, 6.07) is 13.3. The van der Waals surface area contributed by atoms with E-state index in [1.54, 1.807) is 54.6 Å². The Bertz CT molecular complexity index is 810. The predicted octanol–water partition coefficient (Wildman–Crippen LogP) is 3.50. The highest BCUT2D eigenvalue weighted by Crippen LogP contribution is 2.24. The first-order chi connectivity index (χ1) is 13.8. The number of rotatable bonds is 9. The van der Waals surface area contributed by atoms with Crippen molar-refractivity contribution in [2.45, 2.75) is 31.5 Å². The van der Waals surface area contributed by atoms with Gasteiger partial charge >= 0.3 is 6.18 Å². The molecule has 2 aromatic carbocycles. The van der Waals surface area contributed by atoms with Gasteiger partial charge in [-0.3, -0.25) is 9.59 Å². The van der Waals surface area contributed by atoms with Gasteiger partial charge in [0.1, 0.15) is 11.8 Å². The van der Waals surface area contributed by atoms with E-state index in [-0.39, 0.29) is 31.4 Å². The van der Waals surface area contributed by atoms with Gasteiger partial charge in [0.25, 0.3) is 5.91 Å². The molecule has 0 heterocycles. The van der Waals surface area contributed by atoms with E-state index in [0.717, 1.165) is 5.56 Å². The third-order valence-corrected chi connectivity index (χ3v) is 4.28. The summed E-state index contributed by atoms with van der Waals surface area (Å²) in [4.78, 5) is 24.1. The Morgan fingerprint density at radius 2 is 1.69 bits per heavy atom. The molecule has 5 nitrogen and oxygen atoms in total. The summed E-state index contributed by atoms with van der Waals surface area (Å²) in [5.74, 6) is -0.875. The average molecular weight is 408 g/mol. The van der Waals surface area contributed by atoms with Crippen molar-refractivity contribution in [3.05, 3.63) is 65.7 Å². The molecule has 0 bridgehead atoms. The van der Waals surface area contributed by atoms with E-state index in [2.05, 4.69) is 5.32 Å². The molecule has 156 valence electrons. The fraction of sp³-hybridized carbons (Fsp3) is 0.333. The van der Waals surface area contributed by atoms with Crippen molar-refractivity contribution in [1.82, 2.24) is 10.6 Å². The summed E-state index contributed by atoms with van der Waals surface area (Å²) < 4.78 is 44.8. The molecule has 0 radical (unpaired) electrons. The molecule has 0 fully saturated rings. The van der Waals surface area contributed by atoms with Crippen LogP contribution in [0, 0.1) is 0 Å². The van der Waals surface area contributed by atoms with E-state index >= 15 is 0 Å². The van der Waals surface area contributed by atoms with Crippen molar-refractivity contribution in [3.63, 3.8) is 0 Å². The second-order valence-corrected chi connectivity index (χ2v) is 6.39. The summed E-state index contributed by atoms with van der Waals surface area (Å²) in [5, 5.41) is 4.54. The van der Waals surface area contributed by atoms with Gasteiger partial charge in [-0.2, -0.15) is 13.2 Å². The number of aryl methyl sites for hydroxylation is 1. The molecule has 0 aliphatic carbocycles. The van der Waals surface area contributed by atoms with Crippen LogP contribution in [-0.4, -0.2) is 37.7 Å². The lowest BCUT2D eigenvalue weighted by Gasteiger charge is -2.22. The first kappa shape index (κ1) is 22.3. The molecule has 29 heavy (non-hydrogen) atoms. The molecular weight excluding hydrogens is 385 g/mol. The van der Waals surface area contributed by atoms with Gasteiger partial charge in [0.15, 0.2) is 0 Å². The normalized spacial score (nSPS) is 12.1. The van der Waals surface area contributed by atoms with Crippen LogP contribution in [0.3, 0.4) is 0 Å². The van der Waals surface area contributed by atoms with Crippen molar-refractivity contribution >= 4 is 11.8 Å². The van der Waals surface area contributed by atoms with Crippen molar-refractivity contribution in [2.24, 2.45) is 0 Å². The van der Waals surface area contributed by atoms with Crippen LogP contribution >= 0.6 is 0 Å². The minimum absolute atomic E-state index is 0.0913. The molecule has 8 heteroatoms. The highest BCUT2D eigenvalue weighted by Gasteiger charge is 2.40. The fourth-order valence-electron chi connectivity index (χ4n) is 2.76. The van der Waals surface area contributed by atoms with Gasteiger partial charge in [0.2, 0.25) is 5.91 Å². The molecule has 2 N–H and O–H groups in total. The molecule has 0 saturated carbocycles. The van der Waals surface area contributed by atoms with E-state index < -0.39 is 24.0 Å². The standard InChI is InChI=1S/C21H23F3N2O3/c1-29-17-10-6-5-9-16(17)20(28)25-14-13-19(27)26-18(21(22,23)24)12-11-15-7-3-2-4-8-15/h2-10,18H,11-14H2,1H3,(H,25,28)(H,26,27). The fourth-order valence-corrected chi connectivity index (χ4v) is 2.76. The zero-order chi connectivity index (χ0) is 21.3. The van der Waals surface area contributed by atoms with Gasteiger partial charge in [-0.15, -0.1) is 0 Å². The van der Waals surface area contributed by atoms with Gasteiger partial charge in [-0.25, -0.2) is 0 Å². The maximum absolute atomic E-state index is 13.2. The molecule has 2 amide bonds. The number of hydrogen-bond acceptors (Lipinski definition) is 3. The Balaban J connectivity index is 1.84. The Kier molecular flexibility index (Phi) is 8.06. The number of ether oxygens (including phenoxy) is 1. The SMILES string of the molecule is COc1ccccc1C(=O)NCCC(=O)NC(CCc1ccccc1)C(F)(F)F. The summed E-state index contributed by atoms with van der Waals surface area (Å²) in [7, 11) is 1.42. The quantitative estimate of drug-likeness (QED) is 0.668. The maximum Gasteiger partial charge on any atom is 0.408 e. The highest BCUT2D eigenvalue weighted by atomic mass is 19.4. The molecular formula is C21H23F3N2O3. The summed E-state index contributed by atoms with van der Waals surface area (Å²) in [6.07, 6.45) is -4.88. The predicted molar refractivity (Wildman–Crippen MR) is 103 cm³/mol. The minimum atomic E-state index is -4.55. The van der Waals surface area contributed by atoms with Crippen LogP contribution in [0.25, 0.3) is 0 Å². The number of alkyl halides is 3. The monoisotopic (exact) mass is 408 g/mol. The van der Waals surface area contributed by atoms with Crippen LogP contribution < -0.4 is 15.4 Å². The molecule has 0 aliphatic rings. The topological polar surface area (TPSA) is 67.4 Å². The third-order valence-electron chi connectivity index (χ3n) is 4.28. The largest absolute Gasteiger partial charge is 0.496 e. The number of carbonyl (C=O) groups is 2. The third kappa shape index (κ3) is 7.14. The molecule has 0 aromatic heterocycles. The Morgan fingerprint density at radius 3 is 2.34 bits per heavy atom. The molecule has 0 spiro atoms. The summed E-state index contributed by atoms with van der Waals surface area (Å²) in [5.41, 5.74) is 1.05. The number of halogens is 3. The van der Waals surface area contributed by atoms with Gasteiger partial charge in [0, 0.05) is 13.0 Å². The van der Waals surface area contributed by atoms with Crippen molar-refractivity contribution < 1.29 is 27.5 Å². The van der Waals surface area contributed by atoms with Crippen molar-refractivity contribution in [2.75, 3.05) is 13.7 Å². The first-order valence-corrected chi connectivity index (χ1v) is 9.12. The zero-order valence-corrected chi connectivity index (χ0v) is 16.0. The summed E-state index contributed by atoms with van der Waals surface area (Å²) in [6.45, 7) is -0.0913. The highest BCUT2D eigenvalue weighted by molar-refractivity contribution is 5.97. The van der Waals surface area contributed by atoms with Gasteiger partial charge < -0.3 is 15.4 Å². The van der Waals surface area contributed by atoms with E-state index in [4.69, 9.17) is 4.74 Å². The van der Waals surface area contributed by atoms with E-state index in [9.17, 15) is 22.8 Å². The van der Waals surface area contributed by atoms with Crippen LogP contribution in [0.5, 0.6) is 5.75 Å². The van der Waals surface area contributed by atoms with Crippen LogP contribution in [-0.2, 0) is 11.2 Å². The number of nitrogens with one attached hydrogen (secondary N) is 2. The van der Waals surface area contributed by atoms with Crippen molar-refractivity contribution in [3.8, 4) is 5.75 Å². The minimum Gasteiger partial charge on any atom is -0.496 e. The maximum atomic E-state index is 13.2. The molecule has 1 unspecified atom stereocenters. The van der Waals surface area contributed by atoms with Gasteiger partial charge in [0.05, 0.1) is 12.7 Å². The second-order valence-electron chi connectivity index (χ2n) is 6.39. The van der Waals surface area contributed by atoms with Crippen LogP contribution in [0.15, 0.2) is 54.6 Å². The van der Waals surface area contributed by atoms with Crippen LogP contribution in [0.4, 0.5) is 13.2 Å². The zero-order valence-electron chi connectivity index (χ0n) is 16.0. The van der Waals surface area contributed by atoms with E-state index in [1.807, 2.05) is 5.32 Å². The number of hydrogen-bond donors (Lipinski definition) is 2. The number of amides is 2. The number of methoxy groups -OCH3 is 1. The lowest BCUT2D eigenvalue weighted by Crippen LogP contribution is -2.46. The lowest BCUT2D eigenvalue weighted by molar-refractivity contribution is -0.162. The lowest BCUT2D eigenvalue weighted by atomic mass is 10.0. The van der Waals surface area contributed by atoms with Crippen LogP contribution in [0.2, 0.25) is 0 Å². The molecule has 2 aromatic rings. The molecule has 2 rings (SSSR count). The molecule has 0 aliphatic heterocycles. The van der Waals surface area contributed by atoms with Gasteiger partial charge in [-0.05, 0) is 30.5 Å².